The van der Waals surface area contributed by atoms with E-state index in [1.165, 1.54) is 57.8 Å². The quantitative estimate of drug-likeness (QED) is 0.117. The van der Waals surface area contributed by atoms with Gasteiger partial charge in [0.25, 0.3) is 0 Å². The Morgan fingerprint density at radius 1 is 0.656 bits per heavy atom. The molecule has 0 fully saturated rings. The molecule has 0 saturated carbocycles. The third-order valence-electron chi connectivity index (χ3n) is 5.29. The molecule has 0 aliphatic heterocycles. The molecule has 0 spiro atoms. The van der Waals surface area contributed by atoms with E-state index >= 15 is 0 Å². The van der Waals surface area contributed by atoms with Crippen molar-refractivity contribution < 1.29 is 19.1 Å². The lowest BCUT2D eigenvalue weighted by molar-refractivity contribution is -0.155. The van der Waals surface area contributed by atoms with Crippen LogP contribution in [0.15, 0.2) is 24.3 Å². The summed E-state index contributed by atoms with van der Waals surface area (Å²) in [5.41, 5.74) is 5.91. The standard InChI is InChI=1S/C27H45NO4/c1-27(2,3)32-26(30)18-16-14-12-10-8-6-4-5-7-9-11-13-15-17-25(29)31-24-21-19-23(28)20-22-24/h19-22H,4-18,28H2,1-3H3. The van der Waals surface area contributed by atoms with E-state index in [0.717, 1.165) is 25.7 Å². The van der Waals surface area contributed by atoms with Crippen molar-refractivity contribution in [1.29, 1.82) is 0 Å². The molecule has 32 heavy (non-hydrogen) atoms. The van der Waals surface area contributed by atoms with Crippen LogP contribution < -0.4 is 10.5 Å². The fourth-order valence-corrected chi connectivity index (χ4v) is 3.59. The molecule has 1 aromatic carbocycles. The molecule has 182 valence electrons. The first-order valence-electron chi connectivity index (χ1n) is 12.5. The highest BCUT2D eigenvalue weighted by molar-refractivity contribution is 5.72. The van der Waals surface area contributed by atoms with Gasteiger partial charge in [0, 0.05) is 18.5 Å². The SMILES string of the molecule is CC(C)(C)OC(=O)CCCCCCCCCCCCCCCC(=O)Oc1ccc(N)cc1. The number of benzene rings is 1. The molecule has 0 radical (unpaired) electrons. The second-order valence-electron chi connectivity index (χ2n) is 9.73. The molecule has 0 saturated heterocycles. The van der Waals surface area contributed by atoms with Gasteiger partial charge in [-0.3, -0.25) is 9.59 Å². The molecule has 0 aromatic heterocycles. The number of nitrogens with two attached hydrogens (primary N) is 1. The van der Waals surface area contributed by atoms with Crippen molar-refractivity contribution in [2.24, 2.45) is 0 Å². The number of carbonyl (C=O) groups is 2. The van der Waals surface area contributed by atoms with Gasteiger partial charge in [0.05, 0.1) is 0 Å². The van der Waals surface area contributed by atoms with Gasteiger partial charge in [0.15, 0.2) is 0 Å². The molecule has 5 nitrogen and oxygen atoms in total. The maximum Gasteiger partial charge on any atom is 0.311 e. The first kappa shape index (κ1) is 28.0. The Kier molecular flexibility index (Phi) is 14.5. The average molecular weight is 448 g/mol. The van der Waals surface area contributed by atoms with Crippen molar-refractivity contribution in [2.75, 3.05) is 5.73 Å². The van der Waals surface area contributed by atoms with E-state index in [9.17, 15) is 9.59 Å². The number of ether oxygens (including phenoxy) is 2. The highest BCUT2D eigenvalue weighted by Crippen LogP contribution is 2.16. The summed E-state index contributed by atoms with van der Waals surface area (Å²) in [5.74, 6) is 0.320. The lowest BCUT2D eigenvalue weighted by Crippen LogP contribution is -2.23. The Bertz CT molecular complexity index is 634. The summed E-state index contributed by atoms with van der Waals surface area (Å²) in [6.45, 7) is 5.73. The van der Waals surface area contributed by atoms with Crippen LogP contribution in [0.1, 0.15) is 117 Å². The fraction of sp³-hybridized carbons (Fsp3) is 0.704. The predicted octanol–water partition coefficient (Wildman–Crippen LogP) is 7.37. The van der Waals surface area contributed by atoms with Crippen LogP contribution in [0, 0.1) is 0 Å². The molecule has 0 unspecified atom stereocenters. The minimum Gasteiger partial charge on any atom is -0.460 e. The third kappa shape index (κ3) is 16.6. The van der Waals surface area contributed by atoms with Crippen molar-refractivity contribution in [3.63, 3.8) is 0 Å². The summed E-state index contributed by atoms with van der Waals surface area (Å²) >= 11 is 0. The van der Waals surface area contributed by atoms with Gasteiger partial charge in [-0.1, -0.05) is 70.6 Å². The number of unbranched alkanes of at least 4 members (excludes halogenated alkanes) is 12. The van der Waals surface area contributed by atoms with Crippen LogP contribution in [-0.4, -0.2) is 17.5 Å². The van der Waals surface area contributed by atoms with Gasteiger partial charge in [-0.15, -0.1) is 0 Å². The van der Waals surface area contributed by atoms with Gasteiger partial charge in [-0.05, 0) is 57.9 Å². The van der Waals surface area contributed by atoms with Gasteiger partial charge >= 0.3 is 11.9 Å². The largest absolute Gasteiger partial charge is 0.460 e. The summed E-state index contributed by atoms with van der Waals surface area (Å²) in [6.07, 6.45) is 16.5. The number of hydrogen-bond acceptors (Lipinski definition) is 5. The number of hydrogen-bond donors (Lipinski definition) is 1. The first-order chi connectivity index (χ1) is 15.3. The molecular formula is C27H45NO4. The van der Waals surface area contributed by atoms with E-state index < -0.39 is 0 Å². The Labute approximate surface area is 195 Å². The first-order valence-corrected chi connectivity index (χ1v) is 12.5. The molecule has 1 rings (SSSR count). The van der Waals surface area contributed by atoms with Crippen LogP contribution in [0.25, 0.3) is 0 Å². The molecule has 2 N–H and O–H groups in total. The van der Waals surface area contributed by atoms with Crippen molar-refractivity contribution in [3.8, 4) is 5.75 Å². The summed E-state index contributed by atoms with van der Waals surface area (Å²) in [6, 6.07) is 6.91. The van der Waals surface area contributed by atoms with Crippen molar-refractivity contribution in [3.05, 3.63) is 24.3 Å². The molecule has 5 heteroatoms. The topological polar surface area (TPSA) is 78.6 Å². The van der Waals surface area contributed by atoms with Gasteiger partial charge in [-0.25, -0.2) is 0 Å². The normalized spacial score (nSPS) is 11.3. The molecule has 0 heterocycles. The maximum absolute atomic E-state index is 11.8. The number of rotatable bonds is 17. The highest BCUT2D eigenvalue weighted by Gasteiger charge is 2.15. The maximum atomic E-state index is 11.8. The second-order valence-corrected chi connectivity index (χ2v) is 9.73. The van der Waals surface area contributed by atoms with Crippen LogP contribution in [0.3, 0.4) is 0 Å². The number of anilines is 1. The van der Waals surface area contributed by atoms with E-state index in [-0.39, 0.29) is 17.5 Å². The summed E-state index contributed by atoms with van der Waals surface area (Å²) in [4.78, 5) is 23.5. The van der Waals surface area contributed by atoms with Gasteiger partial charge < -0.3 is 15.2 Å². The molecule has 0 atom stereocenters. The van der Waals surface area contributed by atoms with E-state index in [1.807, 2.05) is 20.8 Å². The van der Waals surface area contributed by atoms with Crippen LogP contribution in [-0.2, 0) is 14.3 Å². The third-order valence-corrected chi connectivity index (χ3v) is 5.29. The Balaban J connectivity index is 1.81. The van der Waals surface area contributed by atoms with Gasteiger partial charge in [-0.2, -0.15) is 0 Å². The lowest BCUT2D eigenvalue weighted by Gasteiger charge is -2.19. The Morgan fingerprint density at radius 3 is 1.44 bits per heavy atom. The van der Waals surface area contributed by atoms with E-state index in [2.05, 4.69) is 0 Å². The van der Waals surface area contributed by atoms with Crippen LogP contribution in [0.2, 0.25) is 0 Å². The number of esters is 2. The summed E-state index contributed by atoms with van der Waals surface area (Å²) in [5, 5.41) is 0. The van der Waals surface area contributed by atoms with Crippen molar-refractivity contribution in [2.45, 2.75) is 123 Å². The molecule has 0 aliphatic rings. The highest BCUT2D eigenvalue weighted by atomic mass is 16.6. The molecular weight excluding hydrogens is 402 g/mol. The zero-order valence-electron chi connectivity index (χ0n) is 20.6. The average Bonchev–Trinajstić information content (AvgIpc) is 2.71. The zero-order chi connectivity index (χ0) is 23.7. The molecule has 0 amide bonds. The summed E-state index contributed by atoms with van der Waals surface area (Å²) < 4.78 is 10.6. The predicted molar refractivity (Wildman–Crippen MR) is 132 cm³/mol. The molecule has 1 aromatic rings. The zero-order valence-corrected chi connectivity index (χ0v) is 20.6. The van der Waals surface area contributed by atoms with E-state index in [1.54, 1.807) is 24.3 Å². The van der Waals surface area contributed by atoms with Gasteiger partial charge in [0.2, 0.25) is 0 Å². The van der Waals surface area contributed by atoms with E-state index in [0.29, 0.717) is 24.3 Å². The Hall–Kier alpha value is -2.04. The van der Waals surface area contributed by atoms with Gasteiger partial charge in [0.1, 0.15) is 11.4 Å². The Morgan fingerprint density at radius 2 is 1.03 bits per heavy atom. The molecule has 0 bridgehead atoms. The number of carbonyl (C=O) groups excluding carboxylic acids is 2. The fourth-order valence-electron chi connectivity index (χ4n) is 3.59. The monoisotopic (exact) mass is 447 g/mol. The molecule has 0 aliphatic carbocycles. The van der Waals surface area contributed by atoms with Crippen LogP contribution in [0.4, 0.5) is 5.69 Å². The second kappa shape index (κ2) is 16.6. The smallest absolute Gasteiger partial charge is 0.311 e. The van der Waals surface area contributed by atoms with Crippen molar-refractivity contribution in [1.82, 2.24) is 0 Å². The van der Waals surface area contributed by atoms with Crippen LogP contribution in [0.5, 0.6) is 5.75 Å². The number of nitrogen functional groups attached to an aromatic ring is 1. The van der Waals surface area contributed by atoms with Crippen LogP contribution >= 0.6 is 0 Å². The lowest BCUT2D eigenvalue weighted by atomic mass is 10.0. The summed E-state index contributed by atoms with van der Waals surface area (Å²) in [7, 11) is 0. The van der Waals surface area contributed by atoms with E-state index in [4.69, 9.17) is 15.2 Å². The minimum atomic E-state index is -0.371. The van der Waals surface area contributed by atoms with Crippen molar-refractivity contribution >= 4 is 17.6 Å². The minimum absolute atomic E-state index is 0.0735.